The van der Waals surface area contributed by atoms with E-state index >= 15 is 0 Å². The van der Waals surface area contributed by atoms with Gasteiger partial charge in [-0.2, -0.15) is 0 Å². The predicted octanol–water partition coefficient (Wildman–Crippen LogP) is 4.33. The van der Waals surface area contributed by atoms with Gasteiger partial charge in [0.2, 0.25) is 0 Å². The predicted molar refractivity (Wildman–Crippen MR) is 84.6 cm³/mol. The minimum atomic E-state index is -0.125. The molecule has 3 nitrogen and oxygen atoms in total. The van der Waals surface area contributed by atoms with Gasteiger partial charge in [0, 0.05) is 16.1 Å². The van der Waals surface area contributed by atoms with Crippen molar-refractivity contribution in [2.24, 2.45) is 0 Å². The number of nitrogens with one attached hydrogen (secondary N) is 1. The molecule has 20 heavy (non-hydrogen) atoms. The lowest BCUT2D eigenvalue weighted by Crippen LogP contribution is -2.14. The molecule has 0 atom stereocenters. The number of hydrogen-bond acceptors (Lipinski definition) is 2. The highest BCUT2D eigenvalue weighted by Gasteiger charge is 2.12. The number of halogens is 1. The molecular formula is C16H16BrNO2. The molecule has 0 aliphatic heterocycles. The normalized spacial score (nSPS) is 10.2. The number of methoxy groups -OCH3 is 1. The van der Waals surface area contributed by atoms with Crippen molar-refractivity contribution in [2.45, 2.75) is 13.8 Å². The van der Waals surface area contributed by atoms with Crippen molar-refractivity contribution in [3.05, 3.63) is 57.6 Å². The molecule has 0 aliphatic rings. The topological polar surface area (TPSA) is 38.3 Å². The van der Waals surface area contributed by atoms with E-state index in [0.717, 1.165) is 15.6 Å². The van der Waals surface area contributed by atoms with E-state index < -0.39 is 0 Å². The largest absolute Gasteiger partial charge is 0.497 e. The Hall–Kier alpha value is -1.81. The van der Waals surface area contributed by atoms with E-state index in [4.69, 9.17) is 4.74 Å². The molecule has 0 aliphatic carbocycles. The average molecular weight is 334 g/mol. The van der Waals surface area contributed by atoms with Crippen molar-refractivity contribution in [2.75, 3.05) is 12.4 Å². The SMILES string of the molecule is COc1ccc(Br)c(NC(=O)c2cccc(C)c2C)c1. The summed E-state index contributed by atoms with van der Waals surface area (Å²) in [6.07, 6.45) is 0. The van der Waals surface area contributed by atoms with E-state index in [-0.39, 0.29) is 5.91 Å². The third-order valence-electron chi connectivity index (χ3n) is 3.27. The molecule has 0 bridgehead atoms. The fourth-order valence-electron chi connectivity index (χ4n) is 1.91. The molecule has 0 unspecified atom stereocenters. The third kappa shape index (κ3) is 3.02. The van der Waals surface area contributed by atoms with Crippen molar-refractivity contribution in [1.82, 2.24) is 0 Å². The van der Waals surface area contributed by atoms with E-state index in [0.29, 0.717) is 17.0 Å². The van der Waals surface area contributed by atoms with Crippen molar-refractivity contribution in [1.29, 1.82) is 0 Å². The highest BCUT2D eigenvalue weighted by atomic mass is 79.9. The van der Waals surface area contributed by atoms with Crippen molar-refractivity contribution >= 4 is 27.5 Å². The zero-order valence-corrected chi connectivity index (χ0v) is 13.2. The molecule has 104 valence electrons. The van der Waals surface area contributed by atoms with Crippen molar-refractivity contribution in [3.63, 3.8) is 0 Å². The molecule has 0 fully saturated rings. The van der Waals surface area contributed by atoms with Crippen LogP contribution >= 0.6 is 15.9 Å². The van der Waals surface area contributed by atoms with Crippen molar-refractivity contribution < 1.29 is 9.53 Å². The summed E-state index contributed by atoms with van der Waals surface area (Å²) in [4.78, 5) is 12.4. The first kappa shape index (κ1) is 14.6. The van der Waals surface area contributed by atoms with Crippen LogP contribution < -0.4 is 10.1 Å². The number of amides is 1. The number of anilines is 1. The summed E-state index contributed by atoms with van der Waals surface area (Å²) >= 11 is 3.42. The van der Waals surface area contributed by atoms with Gasteiger partial charge in [0.25, 0.3) is 5.91 Å². The Labute approximate surface area is 127 Å². The molecule has 0 spiro atoms. The molecule has 1 amide bonds. The van der Waals surface area contributed by atoms with Crippen LogP contribution in [-0.4, -0.2) is 13.0 Å². The van der Waals surface area contributed by atoms with Crippen LogP contribution in [0.3, 0.4) is 0 Å². The lowest BCUT2D eigenvalue weighted by Gasteiger charge is -2.11. The van der Waals surface area contributed by atoms with Gasteiger partial charge >= 0.3 is 0 Å². The first-order valence-electron chi connectivity index (χ1n) is 6.24. The summed E-state index contributed by atoms with van der Waals surface area (Å²) in [6.45, 7) is 3.94. The number of ether oxygens (including phenoxy) is 1. The molecule has 0 saturated heterocycles. The van der Waals surface area contributed by atoms with Gasteiger partial charge in [-0.3, -0.25) is 4.79 Å². The maximum Gasteiger partial charge on any atom is 0.255 e. The van der Waals surface area contributed by atoms with E-state index in [2.05, 4.69) is 21.2 Å². The van der Waals surface area contributed by atoms with E-state index in [1.807, 2.05) is 44.2 Å². The summed E-state index contributed by atoms with van der Waals surface area (Å²) in [7, 11) is 1.60. The monoisotopic (exact) mass is 333 g/mol. The molecular weight excluding hydrogens is 318 g/mol. The number of hydrogen-bond donors (Lipinski definition) is 1. The average Bonchev–Trinajstić information content (AvgIpc) is 2.44. The second kappa shape index (κ2) is 6.09. The summed E-state index contributed by atoms with van der Waals surface area (Å²) in [6, 6.07) is 11.2. The Bertz CT molecular complexity index is 653. The molecule has 2 aromatic rings. The van der Waals surface area contributed by atoms with Crippen LogP contribution in [0.25, 0.3) is 0 Å². The van der Waals surface area contributed by atoms with E-state index in [1.54, 1.807) is 13.2 Å². The zero-order chi connectivity index (χ0) is 14.7. The van der Waals surface area contributed by atoms with E-state index in [1.165, 1.54) is 0 Å². The van der Waals surface area contributed by atoms with Crippen LogP contribution in [0.1, 0.15) is 21.5 Å². The van der Waals surface area contributed by atoms with Crippen LogP contribution in [0.5, 0.6) is 5.75 Å². The second-order valence-electron chi connectivity index (χ2n) is 4.55. The Morgan fingerprint density at radius 1 is 1.20 bits per heavy atom. The third-order valence-corrected chi connectivity index (χ3v) is 3.96. The van der Waals surface area contributed by atoms with Gasteiger partial charge in [-0.05, 0) is 59.1 Å². The van der Waals surface area contributed by atoms with Gasteiger partial charge in [-0.15, -0.1) is 0 Å². The van der Waals surface area contributed by atoms with Gasteiger partial charge in [0.1, 0.15) is 5.75 Å². The first-order valence-corrected chi connectivity index (χ1v) is 7.03. The Balaban J connectivity index is 2.30. The fraction of sp³-hybridized carbons (Fsp3) is 0.188. The van der Waals surface area contributed by atoms with Gasteiger partial charge in [-0.1, -0.05) is 12.1 Å². The van der Waals surface area contributed by atoms with Crippen LogP contribution in [0.4, 0.5) is 5.69 Å². The Morgan fingerprint density at radius 2 is 1.95 bits per heavy atom. The molecule has 2 rings (SSSR count). The molecule has 1 N–H and O–H groups in total. The maximum atomic E-state index is 12.4. The van der Waals surface area contributed by atoms with Crippen LogP contribution in [0, 0.1) is 13.8 Å². The lowest BCUT2D eigenvalue weighted by atomic mass is 10.0. The smallest absolute Gasteiger partial charge is 0.255 e. The first-order chi connectivity index (χ1) is 9.52. The van der Waals surface area contributed by atoms with Gasteiger partial charge in [-0.25, -0.2) is 0 Å². The number of carbonyl (C=O) groups excluding carboxylic acids is 1. The van der Waals surface area contributed by atoms with Crippen molar-refractivity contribution in [3.8, 4) is 5.75 Å². The van der Waals surface area contributed by atoms with Gasteiger partial charge < -0.3 is 10.1 Å². The second-order valence-corrected chi connectivity index (χ2v) is 5.40. The molecule has 0 radical (unpaired) electrons. The zero-order valence-electron chi connectivity index (χ0n) is 11.7. The number of aryl methyl sites for hydroxylation is 1. The lowest BCUT2D eigenvalue weighted by molar-refractivity contribution is 0.102. The van der Waals surface area contributed by atoms with Gasteiger partial charge in [0.15, 0.2) is 0 Å². The Kier molecular flexibility index (Phi) is 4.45. The van der Waals surface area contributed by atoms with Gasteiger partial charge in [0.05, 0.1) is 12.8 Å². The van der Waals surface area contributed by atoms with E-state index in [9.17, 15) is 4.79 Å². The Morgan fingerprint density at radius 3 is 2.65 bits per heavy atom. The van der Waals surface area contributed by atoms with Crippen LogP contribution in [0.2, 0.25) is 0 Å². The molecule has 2 aromatic carbocycles. The molecule has 0 heterocycles. The fourth-order valence-corrected chi connectivity index (χ4v) is 2.26. The highest BCUT2D eigenvalue weighted by Crippen LogP contribution is 2.28. The summed E-state index contributed by atoms with van der Waals surface area (Å²) in [5.41, 5.74) is 3.46. The number of carbonyl (C=O) groups is 1. The standard InChI is InChI=1S/C16H16BrNO2/c1-10-5-4-6-13(11(10)2)16(19)18-15-9-12(20-3)7-8-14(15)17/h4-9H,1-3H3,(H,18,19). The molecule has 4 heteroatoms. The minimum absolute atomic E-state index is 0.125. The highest BCUT2D eigenvalue weighted by molar-refractivity contribution is 9.10. The number of benzene rings is 2. The minimum Gasteiger partial charge on any atom is -0.497 e. The molecule has 0 aromatic heterocycles. The maximum absolute atomic E-state index is 12.4. The molecule has 0 saturated carbocycles. The van der Waals surface area contributed by atoms with Crippen LogP contribution in [-0.2, 0) is 0 Å². The summed E-state index contributed by atoms with van der Waals surface area (Å²) in [5, 5.41) is 2.90. The summed E-state index contributed by atoms with van der Waals surface area (Å²) < 4.78 is 5.98. The van der Waals surface area contributed by atoms with Crippen LogP contribution in [0.15, 0.2) is 40.9 Å². The summed E-state index contributed by atoms with van der Waals surface area (Å²) in [5.74, 6) is 0.574. The quantitative estimate of drug-likeness (QED) is 0.907. The number of rotatable bonds is 3.